The van der Waals surface area contributed by atoms with Crippen LogP contribution >= 0.6 is 0 Å². The molecule has 0 saturated carbocycles. The lowest BCUT2D eigenvalue weighted by Gasteiger charge is -2.03. The zero-order chi connectivity index (χ0) is 9.14. The molecule has 12 heavy (non-hydrogen) atoms. The summed E-state index contributed by atoms with van der Waals surface area (Å²) in [5.74, 6) is 0.192. The molecule has 1 rings (SSSR count). The Morgan fingerprint density at radius 1 is 1.58 bits per heavy atom. The molecule has 0 aliphatic heterocycles. The molecule has 0 unspecified atom stereocenters. The Hall–Kier alpha value is -2.03. The lowest BCUT2D eigenvalue weighted by molar-refractivity contribution is 0.432. The van der Waals surface area contributed by atoms with E-state index in [1.54, 1.807) is 7.05 Å². The maximum Gasteiger partial charge on any atom is 0.317 e. The van der Waals surface area contributed by atoms with Crippen molar-refractivity contribution in [2.24, 2.45) is 0 Å². The first-order valence-electron chi connectivity index (χ1n) is 3.13. The molecule has 6 heteroatoms. The Labute approximate surface area is 68.7 Å². The summed E-state index contributed by atoms with van der Waals surface area (Å²) < 4.78 is 0. The average molecular weight is 165 g/mol. The number of hydrogen-bond donors (Lipinski definition) is 3. The van der Waals surface area contributed by atoms with Gasteiger partial charge in [0, 0.05) is 7.05 Å². The van der Waals surface area contributed by atoms with Crippen LogP contribution in [-0.2, 0) is 0 Å². The summed E-state index contributed by atoms with van der Waals surface area (Å²) >= 11 is 0. The minimum atomic E-state index is -0.448. The maximum atomic E-state index is 8.89. The summed E-state index contributed by atoms with van der Waals surface area (Å²) in [7, 11) is 1.57. The second kappa shape index (κ2) is 2.92. The maximum absolute atomic E-state index is 8.89. The number of aromatic hydroxyl groups is 1. The third-order valence-electron chi connectivity index (χ3n) is 1.27. The summed E-state index contributed by atoms with van der Waals surface area (Å²) in [5.41, 5.74) is 5.47. The van der Waals surface area contributed by atoms with Crippen molar-refractivity contribution in [3.8, 4) is 12.1 Å². The van der Waals surface area contributed by atoms with Crippen LogP contribution in [-0.4, -0.2) is 22.1 Å². The molecule has 0 saturated heterocycles. The molecule has 0 aromatic carbocycles. The van der Waals surface area contributed by atoms with E-state index < -0.39 is 6.01 Å². The third kappa shape index (κ3) is 1.20. The first-order chi connectivity index (χ1) is 5.69. The molecule has 0 aliphatic carbocycles. The average Bonchev–Trinajstić information content (AvgIpc) is 2.03. The quantitative estimate of drug-likeness (QED) is 0.526. The lowest BCUT2D eigenvalue weighted by Crippen LogP contribution is -2.02. The summed E-state index contributed by atoms with van der Waals surface area (Å²) in [6.45, 7) is 0. The van der Waals surface area contributed by atoms with Crippen molar-refractivity contribution in [3.63, 3.8) is 0 Å². The number of hydrogen-bond acceptors (Lipinski definition) is 6. The number of nitrogens with two attached hydrogens (primary N) is 1. The highest BCUT2D eigenvalue weighted by Gasteiger charge is 2.09. The van der Waals surface area contributed by atoms with Crippen molar-refractivity contribution in [3.05, 3.63) is 5.56 Å². The Kier molecular flexibility index (Phi) is 1.96. The van der Waals surface area contributed by atoms with E-state index in [1.165, 1.54) is 0 Å². The molecule has 62 valence electrons. The summed E-state index contributed by atoms with van der Waals surface area (Å²) in [6.07, 6.45) is 0. The first-order valence-corrected chi connectivity index (χ1v) is 3.13. The van der Waals surface area contributed by atoms with Gasteiger partial charge in [0.1, 0.15) is 11.6 Å². The molecule has 1 heterocycles. The molecule has 0 radical (unpaired) electrons. The molecule has 1 aromatic heterocycles. The molecule has 0 aliphatic rings. The zero-order valence-corrected chi connectivity index (χ0v) is 6.37. The molecule has 0 amide bonds. The van der Waals surface area contributed by atoms with Crippen LogP contribution in [0.15, 0.2) is 0 Å². The molecule has 6 nitrogen and oxygen atoms in total. The van der Waals surface area contributed by atoms with Gasteiger partial charge in [-0.1, -0.05) is 0 Å². The van der Waals surface area contributed by atoms with Crippen LogP contribution in [0, 0.1) is 11.3 Å². The predicted molar refractivity (Wildman–Crippen MR) is 42.4 cm³/mol. The number of aromatic nitrogens is 2. The van der Waals surface area contributed by atoms with E-state index in [9.17, 15) is 0 Å². The molecule has 4 N–H and O–H groups in total. The van der Waals surface area contributed by atoms with E-state index in [1.807, 2.05) is 6.07 Å². The van der Waals surface area contributed by atoms with Gasteiger partial charge < -0.3 is 16.2 Å². The summed E-state index contributed by atoms with van der Waals surface area (Å²) in [5, 5.41) is 20.1. The van der Waals surface area contributed by atoms with Gasteiger partial charge in [0.15, 0.2) is 11.6 Å². The van der Waals surface area contributed by atoms with Crippen LogP contribution in [0.4, 0.5) is 11.6 Å². The van der Waals surface area contributed by atoms with Gasteiger partial charge in [0.05, 0.1) is 0 Å². The monoisotopic (exact) mass is 165 g/mol. The van der Waals surface area contributed by atoms with Crippen molar-refractivity contribution in [1.29, 1.82) is 5.26 Å². The number of nitriles is 1. The third-order valence-corrected chi connectivity index (χ3v) is 1.27. The van der Waals surface area contributed by atoms with Crippen LogP contribution in [0.3, 0.4) is 0 Å². The van der Waals surface area contributed by atoms with Crippen LogP contribution in [0.25, 0.3) is 0 Å². The van der Waals surface area contributed by atoms with Crippen LogP contribution in [0.1, 0.15) is 5.56 Å². The van der Waals surface area contributed by atoms with Crippen molar-refractivity contribution in [1.82, 2.24) is 9.97 Å². The van der Waals surface area contributed by atoms with E-state index in [0.29, 0.717) is 0 Å². The van der Waals surface area contributed by atoms with Gasteiger partial charge in [-0.2, -0.15) is 15.2 Å². The number of nitrogens with one attached hydrogen (secondary N) is 1. The van der Waals surface area contributed by atoms with E-state index in [0.717, 1.165) is 0 Å². The smallest absolute Gasteiger partial charge is 0.317 e. The van der Waals surface area contributed by atoms with Crippen molar-refractivity contribution in [2.75, 3.05) is 18.1 Å². The topological polar surface area (TPSA) is 108 Å². The van der Waals surface area contributed by atoms with Gasteiger partial charge in [0.25, 0.3) is 0 Å². The van der Waals surface area contributed by atoms with E-state index in [-0.39, 0.29) is 17.2 Å². The highest BCUT2D eigenvalue weighted by atomic mass is 16.3. The second-order valence-corrected chi connectivity index (χ2v) is 1.99. The SMILES string of the molecule is CNc1nc(O)nc(N)c1C#N. The Morgan fingerprint density at radius 2 is 2.25 bits per heavy atom. The number of nitrogen functional groups attached to an aromatic ring is 1. The molecular weight excluding hydrogens is 158 g/mol. The fourth-order valence-electron chi connectivity index (χ4n) is 0.757. The van der Waals surface area contributed by atoms with Crippen molar-refractivity contribution in [2.45, 2.75) is 0 Å². The summed E-state index contributed by atoms with van der Waals surface area (Å²) in [4.78, 5) is 6.97. The van der Waals surface area contributed by atoms with Crippen molar-refractivity contribution < 1.29 is 5.11 Å². The number of rotatable bonds is 1. The number of nitrogens with zero attached hydrogens (tertiary/aromatic N) is 3. The molecule has 0 atom stereocenters. The Balaban J connectivity index is 3.36. The largest absolute Gasteiger partial charge is 0.479 e. The van der Waals surface area contributed by atoms with Crippen LogP contribution < -0.4 is 11.1 Å². The van der Waals surface area contributed by atoms with Gasteiger partial charge in [-0.05, 0) is 0 Å². The van der Waals surface area contributed by atoms with Gasteiger partial charge in [-0.15, -0.1) is 0 Å². The van der Waals surface area contributed by atoms with Gasteiger partial charge in [-0.3, -0.25) is 0 Å². The standard InChI is InChI=1S/C6H7N5O/c1-9-5-3(2-7)4(8)10-6(12)11-5/h1H3,(H4,8,9,10,11,12). The van der Waals surface area contributed by atoms with E-state index >= 15 is 0 Å². The van der Waals surface area contributed by atoms with Crippen LogP contribution in [0.2, 0.25) is 0 Å². The van der Waals surface area contributed by atoms with Gasteiger partial charge in [-0.25, -0.2) is 0 Å². The first kappa shape index (κ1) is 8.07. The molecule has 0 bridgehead atoms. The molecule has 0 fully saturated rings. The molecule has 1 aromatic rings. The molecule has 0 spiro atoms. The second-order valence-electron chi connectivity index (χ2n) is 1.99. The Bertz CT molecular complexity index is 343. The lowest BCUT2D eigenvalue weighted by atomic mass is 10.3. The minimum absolute atomic E-state index is 0.0330. The summed E-state index contributed by atoms with van der Waals surface area (Å²) in [6, 6.07) is 1.37. The normalized spacial score (nSPS) is 9.00. The highest BCUT2D eigenvalue weighted by molar-refractivity contribution is 5.62. The highest BCUT2D eigenvalue weighted by Crippen LogP contribution is 2.18. The van der Waals surface area contributed by atoms with Crippen LogP contribution in [0.5, 0.6) is 6.01 Å². The Morgan fingerprint density at radius 3 is 2.75 bits per heavy atom. The predicted octanol–water partition coefficient (Wildman–Crippen LogP) is -0.322. The van der Waals surface area contributed by atoms with E-state index in [2.05, 4.69) is 15.3 Å². The van der Waals surface area contributed by atoms with Gasteiger partial charge >= 0.3 is 6.01 Å². The fourth-order valence-corrected chi connectivity index (χ4v) is 0.757. The van der Waals surface area contributed by atoms with Crippen molar-refractivity contribution >= 4 is 11.6 Å². The molecular formula is C6H7N5O. The zero-order valence-electron chi connectivity index (χ0n) is 6.37. The minimum Gasteiger partial charge on any atom is -0.479 e. The number of anilines is 2. The van der Waals surface area contributed by atoms with Gasteiger partial charge in [0.2, 0.25) is 0 Å². The fraction of sp³-hybridized carbons (Fsp3) is 0.167. The van der Waals surface area contributed by atoms with E-state index in [4.69, 9.17) is 16.1 Å².